The number of hydrogen-bond donors (Lipinski definition) is 2. The van der Waals surface area contributed by atoms with E-state index in [2.05, 4.69) is 5.32 Å². The van der Waals surface area contributed by atoms with Crippen molar-refractivity contribution in [1.82, 2.24) is 0 Å². The van der Waals surface area contributed by atoms with E-state index in [1.165, 1.54) is 34.6 Å². The van der Waals surface area contributed by atoms with Gasteiger partial charge in [0.25, 0.3) is 10.0 Å². The largest absolute Gasteiger partial charge is 0.484 e. The van der Waals surface area contributed by atoms with Crippen molar-refractivity contribution in [2.45, 2.75) is 17.4 Å². The molecule has 0 bridgehead atoms. The van der Waals surface area contributed by atoms with Gasteiger partial charge in [-0.3, -0.25) is 9.10 Å². The molecule has 0 saturated heterocycles. The molecule has 33 heavy (non-hydrogen) atoms. The summed E-state index contributed by atoms with van der Waals surface area (Å²) in [5.41, 5.74) is 1.46. The third kappa shape index (κ3) is 5.25. The van der Waals surface area contributed by atoms with Gasteiger partial charge in [-0.2, -0.15) is 0 Å². The van der Waals surface area contributed by atoms with Crippen molar-refractivity contribution < 1.29 is 23.1 Å². The summed E-state index contributed by atoms with van der Waals surface area (Å²) in [7, 11) is -3.97. The number of aliphatic hydroxyl groups excluding tert-OH is 1. The van der Waals surface area contributed by atoms with Crippen LogP contribution in [0, 0.1) is 0 Å². The Morgan fingerprint density at radius 3 is 2.30 bits per heavy atom. The number of carbonyl (C=O) groups excluding carboxylic acids is 1. The maximum absolute atomic E-state index is 13.4. The summed E-state index contributed by atoms with van der Waals surface area (Å²) in [6, 6.07) is 17.5. The van der Waals surface area contributed by atoms with E-state index in [0.29, 0.717) is 15.7 Å². The van der Waals surface area contributed by atoms with Crippen LogP contribution in [0.3, 0.4) is 0 Å². The summed E-state index contributed by atoms with van der Waals surface area (Å²) in [6.07, 6.45) is -0.602. The smallest absolute Gasteiger partial charge is 0.264 e. The molecule has 0 aromatic heterocycles. The first-order valence-electron chi connectivity index (χ1n) is 10.0. The zero-order valence-electron chi connectivity index (χ0n) is 17.2. The van der Waals surface area contributed by atoms with Gasteiger partial charge in [0, 0.05) is 15.7 Å². The molecule has 10 heteroatoms. The molecule has 1 heterocycles. The summed E-state index contributed by atoms with van der Waals surface area (Å²) in [4.78, 5) is 12.6. The number of carbonyl (C=O) groups is 1. The average molecular weight is 507 g/mol. The van der Waals surface area contributed by atoms with E-state index < -0.39 is 16.1 Å². The number of nitrogens with zero attached hydrogens (tertiary/aromatic N) is 1. The second-order valence-corrected chi connectivity index (χ2v) is 10.2. The minimum atomic E-state index is -3.97. The highest BCUT2D eigenvalue weighted by Gasteiger charge is 2.34. The number of anilines is 2. The third-order valence-electron chi connectivity index (χ3n) is 5.06. The molecule has 0 radical (unpaired) electrons. The van der Waals surface area contributed by atoms with Crippen LogP contribution in [0.5, 0.6) is 5.75 Å². The molecule has 1 aliphatic rings. The van der Waals surface area contributed by atoms with Gasteiger partial charge in [0.1, 0.15) is 11.9 Å². The highest BCUT2D eigenvalue weighted by atomic mass is 35.5. The Kier molecular flexibility index (Phi) is 6.81. The number of hydrogen-bond acceptors (Lipinski definition) is 5. The molecule has 2 N–H and O–H groups in total. The number of halogens is 2. The summed E-state index contributed by atoms with van der Waals surface area (Å²) in [5.74, 6) is 0.0166. The molecule has 7 nitrogen and oxygen atoms in total. The molecular formula is C23H20Cl2N2O5S. The Balaban J connectivity index is 1.62. The second kappa shape index (κ2) is 9.61. The number of sulfonamides is 1. The molecule has 4 rings (SSSR count). The first-order chi connectivity index (χ1) is 15.8. The summed E-state index contributed by atoms with van der Waals surface area (Å²) < 4.78 is 33.6. The van der Waals surface area contributed by atoms with Gasteiger partial charge in [-0.1, -0.05) is 35.3 Å². The van der Waals surface area contributed by atoms with Gasteiger partial charge in [-0.25, -0.2) is 8.42 Å². The molecule has 3 aromatic carbocycles. The molecule has 0 saturated carbocycles. The Morgan fingerprint density at radius 2 is 1.67 bits per heavy atom. The zero-order chi connectivity index (χ0) is 23.6. The van der Waals surface area contributed by atoms with Crippen molar-refractivity contribution in [3.63, 3.8) is 0 Å². The SMILES string of the molecule is O=C(Cc1ccc(Cl)cc1)Nc1ccc2c(c1)N(S(=O)(=O)c1ccc(Cl)cc1)C[C@H](CO)O2. The van der Waals surface area contributed by atoms with Crippen LogP contribution in [0.4, 0.5) is 11.4 Å². The predicted molar refractivity (Wildman–Crippen MR) is 128 cm³/mol. The lowest BCUT2D eigenvalue weighted by Crippen LogP contribution is -2.45. The van der Waals surface area contributed by atoms with E-state index in [1.54, 1.807) is 36.4 Å². The van der Waals surface area contributed by atoms with Gasteiger partial charge in [0.05, 0.1) is 30.2 Å². The van der Waals surface area contributed by atoms with Crippen LogP contribution < -0.4 is 14.4 Å². The van der Waals surface area contributed by atoms with E-state index >= 15 is 0 Å². The summed E-state index contributed by atoms with van der Waals surface area (Å²) in [5, 5.41) is 13.4. The normalized spacial score (nSPS) is 15.5. The molecule has 0 fully saturated rings. The van der Waals surface area contributed by atoms with Gasteiger partial charge in [0.15, 0.2) is 0 Å². The number of rotatable bonds is 6. The van der Waals surface area contributed by atoms with Crippen molar-refractivity contribution in [3.05, 3.63) is 82.3 Å². The summed E-state index contributed by atoms with van der Waals surface area (Å²) in [6.45, 7) is -0.442. The Hall–Kier alpha value is -2.78. The van der Waals surface area contributed by atoms with Crippen LogP contribution in [-0.4, -0.2) is 38.7 Å². The predicted octanol–water partition coefficient (Wildman–Crippen LogP) is 4.12. The molecule has 1 aliphatic heterocycles. The fourth-order valence-corrected chi connectivity index (χ4v) is 5.19. The molecule has 0 spiro atoms. The number of amides is 1. The lowest BCUT2D eigenvalue weighted by atomic mass is 10.1. The number of benzene rings is 3. The van der Waals surface area contributed by atoms with E-state index in [9.17, 15) is 18.3 Å². The highest BCUT2D eigenvalue weighted by Crippen LogP contribution is 2.39. The maximum Gasteiger partial charge on any atom is 0.264 e. The fraction of sp³-hybridized carbons (Fsp3) is 0.174. The Bertz CT molecular complexity index is 1270. The molecule has 1 amide bonds. The van der Waals surface area contributed by atoms with Gasteiger partial charge in [-0.05, 0) is 60.2 Å². The number of nitrogens with one attached hydrogen (secondary N) is 1. The quantitative estimate of drug-likeness (QED) is 0.524. The van der Waals surface area contributed by atoms with Crippen LogP contribution in [0.1, 0.15) is 5.56 Å². The number of ether oxygens (including phenoxy) is 1. The van der Waals surface area contributed by atoms with Crippen LogP contribution in [-0.2, 0) is 21.2 Å². The van der Waals surface area contributed by atoms with Crippen molar-refractivity contribution in [2.75, 3.05) is 22.8 Å². The molecule has 0 aliphatic carbocycles. The Morgan fingerprint density at radius 1 is 1.03 bits per heavy atom. The van der Waals surface area contributed by atoms with Crippen LogP contribution in [0.25, 0.3) is 0 Å². The van der Waals surface area contributed by atoms with E-state index in [4.69, 9.17) is 27.9 Å². The topological polar surface area (TPSA) is 95.9 Å². The van der Waals surface area contributed by atoms with Gasteiger partial charge >= 0.3 is 0 Å². The number of fused-ring (bicyclic) bond motifs is 1. The van der Waals surface area contributed by atoms with Crippen molar-refractivity contribution in [3.8, 4) is 5.75 Å². The molecule has 0 unspecified atom stereocenters. The van der Waals surface area contributed by atoms with E-state index in [0.717, 1.165) is 5.56 Å². The van der Waals surface area contributed by atoms with Gasteiger partial charge in [0.2, 0.25) is 5.91 Å². The minimum Gasteiger partial charge on any atom is -0.484 e. The first kappa shape index (κ1) is 23.4. The lowest BCUT2D eigenvalue weighted by molar-refractivity contribution is -0.115. The third-order valence-corrected chi connectivity index (χ3v) is 7.36. The standard InChI is InChI=1S/C23H20Cl2N2O5S/c24-16-3-1-15(2-4-16)11-23(29)26-18-7-10-22-21(12-18)27(13-19(14-28)32-22)33(30,31)20-8-5-17(25)6-9-20/h1-10,12,19,28H,11,13-14H2,(H,26,29)/t19-/m1/s1. The van der Waals surface area contributed by atoms with Crippen molar-refractivity contribution in [2.24, 2.45) is 0 Å². The first-order valence-corrected chi connectivity index (χ1v) is 12.2. The van der Waals surface area contributed by atoms with Gasteiger partial charge in [-0.15, -0.1) is 0 Å². The van der Waals surface area contributed by atoms with E-state index in [1.807, 2.05) is 0 Å². The van der Waals surface area contributed by atoms with Gasteiger partial charge < -0.3 is 15.2 Å². The monoisotopic (exact) mass is 506 g/mol. The van der Waals surface area contributed by atoms with E-state index in [-0.39, 0.29) is 41.8 Å². The summed E-state index contributed by atoms with van der Waals surface area (Å²) >= 11 is 11.8. The molecular weight excluding hydrogens is 487 g/mol. The highest BCUT2D eigenvalue weighted by molar-refractivity contribution is 7.92. The minimum absolute atomic E-state index is 0.0496. The number of aliphatic hydroxyl groups is 1. The zero-order valence-corrected chi connectivity index (χ0v) is 19.6. The Labute approximate surface area is 201 Å². The molecule has 1 atom stereocenters. The lowest BCUT2D eigenvalue weighted by Gasteiger charge is -2.35. The van der Waals surface area contributed by atoms with Crippen molar-refractivity contribution in [1.29, 1.82) is 0 Å². The maximum atomic E-state index is 13.4. The second-order valence-electron chi connectivity index (χ2n) is 7.45. The van der Waals surface area contributed by atoms with Crippen LogP contribution in [0.2, 0.25) is 10.0 Å². The average Bonchev–Trinajstić information content (AvgIpc) is 2.80. The fourth-order valence-electron chi connectivity index (χ4n) is 3.44. The van der Waals surface area contributed by atoms with Crippen LogP contribution in [0.15, 0.2) is 71.6 Å². The van der Waals surface area contributed by atoms with Crippen LogP contribution >= 0.6 is 23.2 Å². The molecule has 172 valence electrons. The van der Waals surface area contributed by atoms with Crippen molar-refractivity contribution >= 4 is 50.5 Å². The molecule has 3 aromatic rings.